The number of ketones is 3. The Labute approximate surface area is 125 Å². The van der Waals surface area contributed by atoms with Crippen LogP contribution in [0.25, 0.3) is 10.2 Å². The number of aromatic nitrogens is 1. The van der Waals surface area contributed by atoms with Crippen LogP contribution in [-0.2, 0) is 14.4 Å². The zero-order valence-electron chi connectivity index (χ0n) is 11.2. The second-order valence-electron chi connectivity index (χ2n) is 5.80. The van der Waals surface area contributed by atoms with Gasteiger partial charge < -0.3 is 0 Å². The maximum Gasteiger partial charge on any atom is 0.264 e. The van der Waals surface area contributed by atoms with Gasteiger partial charge in [0.05, 0.1) is 15.2 Å². The summed E-state index contributed by atoms with van der Waals surface area (Å²) in [7, 11) is 0. The maximum atomic E-state index is 11.9. The molecule has 0 saturated heterocycles. The van der Waals surface area contributed by atoms with Crippen LogP contribution < -0.4 is 0 Å². The van der Waals surface area contributed by atoms with Crippen LogP contribution in [0.5, 0.6) is 0 Å². The van der Waals surface area contributed by atoms with E-state index in [2.05, 4.69) is 4.98 Å². The van der Waals surface area contributed by atoms with Gasteiger partial charge in [0.15, 0.2) is 0 Å². The summed E-state index contributed by atoms with van der Waals surface area (Å²) in [5.74, 6) is -2.31. The van der Waals surface area contributed by atoms with E-state index in [1.165, 1.54) is 0 Å². The van der Waals surface area contributed by atoms with E-state index >= 15 is 0 Å². The van der Waals surface area contributed by atoms with Gasteiger partial charge in [0.1, 0.15) is 0 Å². The summed E-state index contributed by atoms with van der Waals surface area (Å²) in [5, 5.41) is 1.02. The Morgan fingerprint density at radius 2 is 1.76 bits per heavy atom. The van der Waals surface area contributed by atoms with Crippen LogP contribution in [0.15, 0.2) is 24.3 Å². The number of hydrogen-bond acceptors (Lipinski definition) is 5. The van der Waals surface area contributed by atoms with E-state index in [1.54, 1.807) is 11.3 Å². The molecule has 0 spiro atoms. The zero-order chi connectivity index (χ0) is 14.6. The molecule has 5 heteroatoms. The van der Waals surface area contributed by atoms with Crippen molar-refractivity contribution in [3.05, 3.63) is 29.3 Å². The van der Waals surface area contributed by atoms with E-state index in [9.17, 15) is 14.4 Å². The van der Waals surface area contributed by atoms with Crippen molar-refractivity contribution in [2.75, 3.05) is 0 Å². The summed E-state index contributed by atoms with van der Waals surface area (Å²) in [5.41, 5.74) is 0.976. The first-order valence-corrected chi connectivity index (χ1v) is 7.94. The number of carbonyl (C=O) groups excluding carboxylic acids is 3. The van der Waals surface area contributed by atoms with Gasteiger partial charge in [0.2, 0.25) is 11.6 Å². The number of para-hydroxylation sites is 1. The highest BCUT2D eigenvalue weighted by molar-refractivity contribution is 7.18. The molecule has 0 N–H and O–H groups in total. The Morgan fingerprint density at radius 3 is 2.57 bits per heavy atom. The molecule has 2 aromatic rings. The second-order valence-corrected chi connectivity index (χ2v) is 6.86. The summed E-state index contributed by atoms with van der Waals surface area (Å²) in [6, 6.07) is 7.96. The Balaban J connectivity index is 1.65. The third-order valence-electron chi connectivity index (χ3n) is 4.63. The van der Waals surface area contributed by atoms with Gasteiger partial charge in [0, 0.05) is 17.8 Å². The van der Waals surface area contributed by atoms with Gasteiger partial charge in [-0.15, -0.1) is 11.3 Å². The molecule has 0 aliphatic heterocycles. The average Bonchev–Trinajstić information content (AvgIpc) is 3.03. The van der Waals surface area contributed by atoms with Crippen molar-refractivity contribution in [1.29, 1.82) is 0 Å². The summed E-state index contributed by atoms with van der Waals surface area (Å²) in [4.78, 5) is 39.9. The number of nitrogens with zero attached hydrogens (tertiary/aromatic N) is 1. The van der Waals surface area contributed by atoms with Gasteiger partial charge in [-0.2, -0.15) is 0 Å². The Bertz CT molecular complexity index is 746. The summed E-state index contributed by atoms with van der Waals surface area (Å²) >= 11 is 1.65. The Morgan fingerprint density at radius 1 is 1.00 bits per heavy atom. The van der Waals surface area contributed by atoms with Crippen molar-refractivity contribution in [2.24, 2.45) is 11.8 Å². The van der Waals surface area contributed by atoms with Crippen molar-refractivity contribution in [2.45, 2.75) is 25.2 Å². The van der Waals surface area contributed by atoms with E-state index in [0.717, 1.165) is 21.6 Å². The van der Waals surface area contributed by atoms with Crippen molar-refractivity contribution < 1.29 is 14.4 Å². The van der Waals surface area contributed by atoms with Crippen LogP contribution in [0.2, 0.25) is 0 Å². The highest BCUT2D eigenvalue weighted by atomic mass is 32.1. The highest BCUT2D eigenvalue weighted by Crippen LogP contribution is 2.45. The SMILES string of the molecule is O=C1C(=O)C2CCC(c3nc4ccccc4s3)CC2C1=O. The molecular weight excluding hydrogens is 286 g/mol. The molecule has 1 aromatic heterocycles. The van der Waals surface area contributed by atoms with Crippen LogP contribution in [0.1, 0.15) is 30.2 Å². The fraction of sp³-hybridized carbons (Fsp3) is 0.375. The van der Waals surface area contributed by atoms with Crippen LogP contribution >= 0.6 is 11.3 Å². The van der Waals surface area contributed by atoms with E-state index in [-0.39, 0.29) is 11.8 Å². The van der Waals surface area contributed by atoms with Gasteiger partial charge in [-0.05, 0) is 31.4 Å². The average molecular weight is 299 g/mol. The second kappa shape index (κ2) is 4.56. The van der Waals surface area contributed by atoms with Gasteiger partial charge in [-0.1, -0.05) is 12.1 Å². The fourth-order valence-electron chi connectivity index (χ4n) is 3.52. The summed E-state index contributed by atoms with van der Waals surface area (Å²) in [6.45, 7) is 0. The lowest BCUT2D eigenvalue weighted by Gasteiger charge is -2.27. The first-order valence-electron chi connectivity index (χ1n) is 7.13. The van der Waals surface area contributed by atoms with E-state index in [1.807, 2.05) is 24.3 Å². The lowest BCUT2D eigenvalue weighted by atomic mass is 9.75. The van der Waals surface area contributed by atoms with Crippen LogP contribution in [0.4, 0.5) is 0 Å². The van der Waals surface area contributed by atoms with Crippen molar-refractivity contribution in [3.8, 4) is 0 Å². The van der Waals surface area contributed by atoms with E-state index in [0.29, 0.717) is 12.8 Å². The molecular formula is C16H13NO3S. The molecule has 0 radical (unpaired) electrons. The topological polar surface area (TPSA) is 64.1 Å². The maximum absolute atomic E-state index is 11.9. The van der Waals surface area contributed by atoms with Gasteiger partial charge in [0.25, 0.3) is 5.78 Å². The van der Waals surface area contributed by atoms with Crippen molar-refractivity contribution in [1.82, 2.24) is 4.98 Å². The highest BCUT2D eigenvalue weighted by Gasteiger charge is 2.51. The first-order chi connectivity index (χ1) is 10.1. The molecule has 2 saturated carbocycles. The number of carbonyl (C=O) groups is 3. The van der Waals surface area contributed by atoms with Gasteiger partial charge in [-0.3, -0.25) is 14.4 Å². The lowest BCUT2D eigenvalue weighted by Crippen LogP contribution is -2.26. The van der Waals surface area contributed by atoms with Gasteiger partial charge >= 0.3 is 0 Å². The molecule has 4 nitrogen and oxygen atoms in total. The standard InChI is InChI=1S/C16H13NO3S/c18-13-9-6-5-8(7-10(9)14(19)15(13)20)16-17-11-3-1-2-4-12(11)21-16/h1-4,8-10H,5-7H2. The number of fused-ring (bicyclic) bond motifs is 2. The number of Topliss-reactive ketones (excluding diaryl/α,β-unsaturated/α-hetero) is 3. The monoisotopic (exact) mass is 299 g/mol. The molecule has 3 unspecified atom stereocenters. The number of thiazole rings is 1. The molecule has 0 amide bonds. The molecule has 2 aliphatic carbocycles. The molecule has 2 aliphatic rings. The predicted molar refractivity (Wildman–Crippen MR) is 78.2 cm³/mol. The van der Waals surface area contributed by atoms with Crippen LogP contribution in [-0.4, -0.2) is 22.3 Å². The first kappa shape index (κ1) is 12.8. The third-order valence-corrected chi connectivity index (χ3v) is 5.83. The van der Waals surface area contributed by atoms with Crippen molar-refractivity contribution >= 4 is 38.9 Å². The number of rotatable bonds is 1. The minimum absolute atomic E-state index is 0.186. The largest absolute Gasteiger partial charge is 0.290 e. The number of benzene rings is 1. The molecule has 2 fully saturated rings. The third kappa shape index (κ3) is 1.87. The molecule has 0 bridgehead atoms. The molecule has 21 heavy (non-hydrogen) atoms. The normalized spacial score (nSPS) is 29.1. The van der Waals surface area contributed by atoms with Crippen LogP contribution in [0, 0.1) is 11.8 Å². The van der Waals surface area contributed by atoms with Gasteiger partial charge in [-0.25, -0.2) is 4.98 Å². The lowest BCUT2D eigenvalue weighted by molar-refractivity contribution is -0.141. The molecule has 4 rings (SSSR count). The molecule has 106 valence electrons. The fourth-order valence-corrected chi connectivity index (χ4v) is 4.64. The van der Waals surface area contributed by atoms with E-state index in [4.69, 9.17) is 0 Å². The summed E-state index contributed by atoms with van der Waals surface area (Å²) < 4.78 is 1.14. The Kier molecular flexibility index (Phi) is 2.79. The van der Waals surface area contributed by atoms with E-state index < -0.39 is 23.3 Å². The zero-order valence-corrected chi connectivity index (χ0v) is 12.1. The minimum atomic E-state index is -0.782. The molecule has 1 aromatic carbocycles. The quantitative estimate of drug-likeness (QED) is 0.759. The molecule has 3 atom stereocenters. The smallest absolute Gasteiger partial charge is 0.264 e. The molecule has 1 heterocycles. The summed E-state index contributed by atoms with van der Waals surface area (Å²) in [6.07, 6.45) is 2.04. The van der Waals surface area contributed by atoms with Crippen LogP contribution in [0.3, 0.4) is 0 Å². The predicted octanol–water partition coefficient (Wildman–Crippen LogP) is 2.52. The minimum Gasteiger partial charge on any atom is -0.290 e. The Hall–Kier alpha value is -1.88. The van der Waals surface area contributed by atoms with Crippen molar-refractivity contribution in [3.63, 3.8) is 0 Å². The number of hydrogen-bond donors (Lipinski definition) is 0.